The molecule has 1 aliphatic rings. The smallest absolute Gasteiger partial charge is 0.125 e. The minimum Gasteiger partial charge on any atom is -0.308 e. The molecule has 1 heterocycles. The van der Waals surface area contributed by atoms with Crippen molar-refractivity contribution in [2.24, 2.45) is 5.92 Å². The fourth-order valence-corrected chi connectivity index (χ4v) is 2.85. The minimum atomic E-state index is 0.596. The van der Waals surface area contributed by atoms with Crippen molar-refractivity contribution in [2.75, 3.05) is 0 Å². The van der Waals surface area contributed by atoms with Crippen molar-refractivity contribution >= 4 is 0 Å². The van der Waals surface area contributed by atoms with Crippen LogP contribution in [-0.2, 0) is 6.54 Å². The predicted octanol–water partition coefficient (Wildman–Crippen LogP) is 3.23. The van der Waals surface area contributed by atoms with E-state index >= 15 is 0 Å². The Kier molecular flexibility index (Phi) is 5.12. The number of rotatable bonds is 4. The van der Waals surface area contributed by atoms with E-state index in [1.165, 1.54) is 38.5 Å². The van der Waals surface area contributed by atoms with Gasteiger partial charge < -0.3 is 5.32 Å². The monoisotopic (exact) mass is 247 g/mol. The van der Waals surface area contributed by atoms with E-state index in [2.05, 4.69) is 22.2 Å². The number of hydrogen-bond donors (Lipinski definition) is 1. The largest absolute Gasteiger partial charge is 0.308 e. The number of hydrogen-bond acceptors (Lipinski definition) is 3. The Balaban J connectivity index is 1.81. The third-order valence-corrected chi connectivity index (χ3v) is 4.05. The second-order valence-electron chi connectivity index (χ2n) is 5.52. The molecular formula is C15H25N3. The van der Waals surface area contributed by atoms with E-state index < -0.39 is 0 Å². The molecule has 3 heteroatoms. The lowest BCUT2D eigenvalue weighted by Crippen LogP contribution is -2.33. The molecule has 1 fully saturated rings. The summed E-state index contributed by atoms with van der Waals surface area (Å²) < 4.78 is 0. The molecule has 1 aliphatic carbocycles. The summed E-state index contributed by atoms with van der Waals surface area (Å²) in [6, 6.07) is 2.60. The molecule has 0 spiro atoms. The number of nitrogens with one attached hydrogen (secondary N) is 1. The van der Waals surface area contributed by atoms with Crippen LogP contribution in [0.25, 0.3) is 0 Å². The lowest BCUT2D eigenvalue weighted by atomic mass is 9.93. The first-order valence-corrected chi connectivity index (χ1v) is 7.27. The molecule has 1 saturated carbocycles. The van der Waals surface area contributed by atoms with Gasteiger partial charge in [0.15, 0.2) is 0 Å². The van der Waals surface area contributed by atoms with E-state index in [4.69, 9.17) is 0 Å². The molecule has 0 radical (unpaired) electrons. The molecule has 1 aromatic rings. The standard InChI is InChI=1S/C15H25N3/c1-12(14-7-5-3-4-6-8-14)17-11-15-9-10-16-13(2)18-15/h9-10,12,14,17H,3-8,11H2,1-2H3/t12-/m0/s1. The summed E-state index contributed by atoms with van der Waals surface area (Å²) >= 11 is 0. The SMILES string of the molecule is Cc1nccc(CN[C@@H](C)C2CCCCCC2)n1. The molecule has 3 nitrogen and oxygen atoms in total. The van der Waals surface area contributed by atoms with Gasteiger partial charge in [-0.05, 0) is 38.7 Å². The molecular weight excluding hydrogens is 222 g/mol. The minimum absolute atomic E-state index is 0.596. The van der Waals surface area contributed by atoms with Crippen molar-refractivity contribution in [3.63, 3.8) is 0 Å². The fraction of sp³-hybridized carbons (Fsp3) is 0.733. The van der Waals surface area contributed by atoms with Gasteiger partial charge in [-0.1, -0.05) is 25.7 Å². The highest BCUT2D eigenvalue weighted by Crippen LogP contribution is 2.25. The van der Waals surface area contributed by atoms with Gasteiger partial charge in [0.05, 0.1) is 5.69 Å². The maximum atomic E-state index is 4.44. The van der Waals surface area contributed by atoms with Gasteiger partial charge in [-0.3, -0.25) is 0 Å². The summed E-state index contributed by atoms with van der Waals surface area (Å²) in [6.45, 7) is 5.13. The summed E-state index contributed by atoms with van der Waals surface area (Å²) in [7, 11) is 0. The average Bonchev–Trinajstić information content (AvgIpc) is 2.65. The lowest BCUT2D eigenvalue weighted by Gasteiger charge is -2.23. The predicted molar refractivity (Wildman–Crippen MR) is 74.3 cm³/mol. The van der Waals surface area contributed by atoms with E-state index in [0.717, 1.165) is 24.0 Å². The molecule has 1 N–H and O–H groups in total. The van der Waals surface area contributed by atoms with Crippen molar-refractivity contribution in [2.45, 2.75) is 65.0 Å². The molecule has 0 amide bonds. The Hall–Kier alpha value is -0.960. The van der Waals surface area contributed by atoms with Gasteiger partial charge in [-0.25, -0.2) is 9.97 Å². The van der Waals surface area contributed by atoms with Crippen molar-refractivity contribution in [3.05, 3.63) is 23.8 Å². The lowest BCUT2D eigenvalue weighted by molar-refractivity contribution is 0.335. The summed E-state index contributed by atoms with van der Waals surface area (Å²) in [6.07, 6.45) is 10.3. The van der Waals surface area contributed by atoms with Gasteiger partial charge in [0.25, 0.3) is 0 Å². The topological polar surface area (TPSA) is 37.8 Å². The third-order valence-electron chi connectivity index (χ3n) is 4.05. The Morgan fingerprint density at radius 1 is 1.28 bits per heavy atom. The maximum absolute atomic E-state index is 4.44. The van der Waals surface area contributed by atoms with Gasteiger partial charge in [0.1, 0.15) is 5.82 Å². The zero-order valence-corrected chi connectivity index (χ0v) is 11.7. The Labute approximate surface area is 110 Å². The summed E-state index contributed by atoms with van der Waals surface area (Å²) in [4.78, 5) is 8.57. The zero-order valence-electron chi connectivity index (χ0n) is 11.7. The molecule has 0 saturated heterocycles. The van der Waals surface area contributed by atoms with Crippen LogP contribution >= 0.6 is 0 Å². The fourth-order valence-electron chi connectivity index (χ4n) is 2.85. The molecule has 0 bridgehead atoms. The molecule has 100 valence electrons. The summed E-state index contributed by atoms with van der Waals surface area (Å²) in [5.74, 6) is 1.70. The zero-order chi connectivity index (χ0) is 12.8. The molecule has 0 aromatic carbocycles. The van der Waals surface area contributed by atoms with Crippen LogP contribution in [0.4, 0.5) is 0 Å². The van der Waals surface area contributed by atoms with Crippen LogP contribution in [0.3, 0.4) is 0 Å². The first-order valence-electron chi connectivity index (χ1n) is 7.27. The molecule has 0 aliphatic heterocycles. The van der Waals surface area contributed by atoms with E-state index in [0.29, 0.717) is 6.04 Å². The van der Waals surface area contributed by atoms with Crippen LogP contribution in [-0.4, -0.2) is 16.0 Å². The van der Waals surface area contributed by atoms with Gasteiger partial charge >= 0.3 is 0 Å². The molecule has 18 heavy (non-hydrogen) atoms. The molecule has 1 atom stereocenters. The normalized spacial score (nSPS) is 19.4. The quantitative estimate of drug-likeness (QED) is 0.830. The van der Waals surface area contributed by atoms with Crippen LogP contribution < -0.4 is 5.32 Å². The molecule has 0 unspecified atom stereocenters. The highest BCUT2D eigenvalue weighted by Gasteiger charge is 2.18. The molecule has 2 rings (SSSR count). The number of aryl methyl sites for hydroxylation is 1. The van der Waals surface area contributed by atoms with Crippen LogP contribution in [0.5, 0.6) is 0 Å². The second-order valence-corrected chi connectivity index (χ2v) is 5.52. The van der Waals surface area contributed by atoms with Gasteiger partial charge in [0, 0.05) is 18.8 Å². The van der Waals surface area contributed by atoms with E-state index in [-0.39, 0.29) is 0 Å². The second kappa shape index (κ2) is 6.83. The Morgan fingerprint density at radius 3 is 2.67 bits per heavy atom. The van der Waals surface area contributed by atoms with Crippen LogP contribution in [0.2, 0.25) is 0 Å². The maximum Gasteiger partial charge on any atom is 0.125 e. The number of nitrogens with zero attached hydrogens (tertiary/aromatic N) is 2. The third kappa shape index (κ3) is 4.05. The summed E-state index contributed by atoms with van der Waals surface area (Å²) in [5, 5.41) is 3.63. The Bertz CT molecular complexity index is 357. The van der Waals surface area contributed by atoms with Crippen molar-refractivity contribution < 1.29 is 0 Å². The van der Waals surface area contributed by atoms with E-state index in [1.54, 1.807) is 0 Å². The highest BCUT2D eigenvalue weighted by molar-refractivity contribution is 5.01. The van der Waals surface area contributed by atoms with E-state index in [9.17, 15) is 0 Å². The van der Waals surface area contributed by atoms with E-state index in [1.807, 2.05) is 19.2 Å². The van der Waals surface area contributed by atoms with Crippen LogP contribution in [0, 0.1) is 12.8 Å². The van der Waals surface area contributed by atoms with Crippen molar-refractivity contribution in [1.29, 1.82) is 0 Å². The highest BCUT2D eigenvalue weighted by atomic mass is 14.9. The number of aromatic nitrogens is 2. The van der Waals surface area contributed by atoms with Crippen LogP contribution in [0.1, 0.15) is 57.0 Å². The average molecular weight is 247 g/mol. The van der Waals surface area contributed by atoms with Crippen molar-refractivity contribution in [1.82, 2.24) is 15.3 Å². The molecule has 1 aromatic heterocycles. The first-order chi connectivity index (χ1) is 8.75. The van der Waals surface area contributed by atoms with Gasteiger partial charge in [0.2, 0.25) is 0 Å². The van der Waals surface area contributed by atoms with Gasteiger partial charge in [-0.15, -0.1) is 0 Å². The Morgan fingerprint density at radius 2 is 2.00 bits per heavy atom. The summed E-state index contributed by atoms with van der Waals surface area (Å²) in [5.41, 5.74) is 1.10. The van der Waals surface area contributed by atoms with Crippen LogP contribution in [0.15, 0.2) is 12.3 Å². The van der Waals surface area contributed by atoms with Crippen molar-refractivity contribution in [3.8, 4) is 0 Å². The first kappa shape index (κ1) is 13.5. The van der Waals surface area contributed by atoms with Gasteiger partial charge in [-0.2, -0.15) is 0 Å².